The molecule has 0 saturated carbocycles. The average molecular weight is 266 g/mol. The molecule has 0 spiro atoms. The lowest BCUT2D eigenvalue weighted by Crippen LogP contribution is -2.04. The molecule has 0 amide bonds. The smallest absolute Gasteiger partial charge is 0.341 e. The van der Waals surface area contributed by atoms with Gasteiger partial charge in [0.2, 0.25) is 0 Å². The SMILES string of the molecule is CCOC(=O)c1cnn(Cc2cc(F)cc(F)c2)c1. The second kappa shape index (κ2) is 5.60. The van der Waals surface area contributed by atoms with Crippen molar-refractivity contribution in [2.75, 3.05) is 6.61 Å². The van der Waals surface area contributed by atoms with E-state index in [1.54, 1.807) is 6.92 Å². The predicted octanol–water partition coefficient (Wildman–Crippen LogP) is 2.39. The summed E-state index contributed by atoms with van der Waals surface area (Å²) in [6.07, 6.45) is 2.83. The molecule has 19 heavy (non-hydrogen) atoms. The third-order valence-corrected chi connectivity index (χ3v) is 2.41. The number of aromatic nitrogens is 2. The highest BCUT2D eigenvalue weighted by Gasteiger charge is 2.10. The molecule has 0 aliphatic heterocycles. The summed E-state index contributed by atoms with van der Waals surface area (Å²) in [4.78, 5) is 11.4. The van der Waals surface area contributed by atoms with E-state index < -0.39 is 17.6 Å². The Morgan fingerprint density at radius 1 is 1.32 bits per heavy atom. The van der Waals surface area contributed by atoms with Gasteiger partial charge in [0.15, 0.2) is 0 Å². The Hall–Kier alpha value is -2.24. The fourth-order valence-electron chi connectivity index (χ4n) is 1.66. The fourth-order valence-corrected chi connectivity index (χ4v) is 1.66. The van der Waals surface area contributed by atoms with Crippen LogP contribution >= 0.6 is 0 Å². The number of nitrogens with zero attached hydrogens (tertiary/aromatic N) is 2. The van der Waals surface area contributed by atoms with E-state index in [2.05, 4.69) is 5.10 Å². The highest BCUT2D eigenvalue weighted by Crippen LogP contribution is 2.10. The molecular formula is C13H12F2N2O2. The lowest BCUT2D eigenvalue weighted by molar-refractivity contribution is 0.0526. The van der Waals surface area contributed by atoms with Crippen LogP contribution in [0, 0.1) is 11.6 Å². The minimum absolute atomic E-state index is 0.175. The van der Waals surface area contributed by atoms with Gasteiger partial charge in [-0.25, -0.2) is 13.6 Å². The van der Waals surface area contributed by atoms with Crippen molar-refractivity contribution in [2.45, 2.75) is 13.5 Å². The first-order valence-electron chi connectivity index (χ1n) is 5.73. The van der Waals surface area contributed by atoms with Gasteiger partial charge in [-0.15, -0.1) is 0 Å². The number of halogens is 2. The highest BCUT2D eigenvalue weighted by molar-refractivity contribution is 5.88. The Labute approximate surface area is 108 Å². The number of esters is 1. The Morgan fingerprint density at radius 2 is 2.00 bits per heavy atom. The Balaban J connectivity index is 2.13. The van der Waals surface area contributed by atoms with Crippen molar-refractivity contribution in [3.8, 4) is 0 Å². The van der Waals surface area contributed by atoms with Gasteiger partial charge < -0.3 is 4.74 Å². The van der Waals surface area contributed by atoms with Crippen LogP contribution in [0.4, 0.5) is 8.78 Å². The van der Waals surface area contributed by atoms with Gasteiger partial charge >= 0.3 is 5.97 Å². The summed E-state index contributed by atoms with van der Waals surface area (Å²) in [5, 5.41) is 3.95. The summed E-state index contributed by atoms with van der Waals surface area (Å²) >= 11 is 0. The molecule has 100 valence electrons. The molecule has 1 aromatic heterocycles. The van der Waals surface area contributed by atoms with E-state index in [1.807, 2.05) is 0 Å². The molecule has 2 rings (SSSR count). The van der Waals surface area contributed by atoms with Crippen molar-refractivity contribution in [3.63, 3.8) is 0 Å². The Kier molecular flexibility index (Phi) is 3.89. The molecule has 1 aromatic carbocycles. The summed E-state index contributed by atoms with van der Waals surface area (Å²) in [5.41, 5.74) is 0.731. The molecule has 1 heterocycles. The average Bonchev–Trinajstić information content (AvgIpc) is 2.76. The first-order valence-corrected chi connectivity index (χ1v) is 5.73. The lowest BCUT2D eigenvalue weighted by Gasteiger charge is -2.02. The predicted molar refractivity (Wildman–Crippen MR) is 63.6 cm³/mol. The van der Waals surface area contributed by atoms with Crippen LogP contribution < -0.4 is 0 Å². The van der Waals surface area contributed by atoms with Crippen molar-refractivity contribution in [1.29, 1.82) is 0 Å². The number of hydrogen-bond acceptors (Lipinski definition) is 3. The molecule has 0 fully saturated rings. The molecule has 0 radical (unpaired) electrons. The molecule has 2 aromatic rings. The standard InChI is InChI=1S/C13H12F2N2O2/c1-2-19-13(18)10-6-16-17(8-10)7-9-3-11(14)5-12(15)4-9/h3-6,8H,2,7H2,1H3. The number of rotatable bonds is 4. The van der Waals surface area contributed by atoms with E-state index in [-0.39, 0.29) is 13.2 Å². The maximum absolute atomic E-state index is 13.0. The lowest BCUT2D eigenvalue weighted by atomic mass is 10.2. The summed E-state index contributed by atoms with van der Waals surface area (Å²) in [7, 11) is 0. The van der Waals surface area contributed by atoms with Crippen LogP contribution in [0.25, 0.3) is 0 Å². The van der Waals surface area contributed by atoms with Crippen molar-refractivity contribution in [1.82, 2.24) is 9.78 Å². The zero-order valence-corrected chi connectivity index (χ0v) is 10.3. The van der Waals surface area contributed by atoms with E-state index in [0.717, 1.165) is 6.07 Å². The second-order valence-electron chi connectivity index (χ2n) is 3.92. The van der Waals surface area contributed by atoms with Crippen molar-refractivity contribution in [2.24, 2.45) is 0 Å². The maximum Gasteiger partial charge on any atom is 0.341 e. The van der Waals surface area contributed by atoms with Crippen LogP contribution in [0.5, 0.6) is 0 Å². The molecule has 0 bridgehead atoms. The molecule has 0 aliphatic carbocycles. The topological polar surface area (TPSA) is 44.1 Å². The van der Waals surface area contributed by atoms with Crippen molar-refractivity contribution >= 4 is 5.97 Å². The number of ether oxygens (including phenoxy) is 1. The zero-order valence-electron chi connectivity index (χ0n) is 10.3. The quantitative estimate of drug-likeness (QED) is 0.798. The highest BCUT2D eigenvalue weighted by atomic mass is 19.1. The summed E-state index contributed by atoms with van der Waals surface area (Å²) in [5.74, 6) is -1.76. The zero-order chi connectivity index (χ0) is 13.8. The van der Waals surface area contributed by atoms with Gasteiger partial charge in [0.1, 0.15) is 11.6 Å². The summed E-state index contributed by atoms with van der Waals surface area (Å²) < 4.78 is 32.3. The van der Waals surface area contributed by atoms with Crippen LogP contribution in [-0.2, 0) is 11.3 Å². The molecule has 0 saturated heterocycles. The largest absolute Gasteiger partial charge is 0.462 e. The Morgan fingerprint density at radius 3 is 2.63 bits per heavy atom. The minimum atomic E-state index is -0.646. The monoisotopic (exact) mass is 266 g/mol. The number of carbonyl (C=O) groups is 1. The third kappa shape index (κ3) is 3.37. The molecule has 4 nitrogen and oxygen atoms in total. The number of carbonyl (C=O) groups excluding carboxylic acids is 1. The number of hydrogen-bond donors (Lipinski definition) is 0. The van der Waals surface area contributed by atoms with Crippen LogP contribution in [0.15, 0.2) is 30.6 Å². The van der Waals surface area contributed by atoms with Gasteiger partial charge in [-0.3, -0.25) is 4.68 Å². The fraction of sp³-hybridized carbons (Fsp3) is 0.231. The first kappa shape index (κ1) is 13.2. The van der Waals surface area contributed by atoms with E-state index >= 15 is 0 Å². The van der Waals surface area contributed by atoms with Gasteiger partial charge in [0.25, 0.3) is 0 Å². The van der Waals surface area contributed by atoms with Gasteiger partial charge in [-0.2, -0.15) is 5.10 Å². The molecule has 6 heteroatoms. The molecular weight excluding hydrogens is 254 g/mol. The first-order chi connectivity index (χ1) is 9.08. The van der Waals surface area contributed by atoms with Crippen LogP contribution in [0.3, 0.4) is 0 Å². The van der Waals surface area contributed by atoms with E-state index in [1.165, 1.54) is 29.2 Å². The van der Waals surface area contributed by atoms with Gasteiger partial charge in [0.05, 0.1) is 24.9 Å². The van der Waals surface area contributed by atoms with Crippen molar-refractivity contribution < 1.29 is 18.3 Å². The van der Waals surface area contributed by atoms with Crippen LogP contribution in [-0.4, -0.2) is 22.4 Å². The minimum Gasteiger partial charge on any atom is -0.462 e. The number of benzene rings is 1. The van der Waals surface area contributed by atoms with Gasteiger partial charge in [-0.05, 0) is 24.6 Å². The van der Waals surface area contributed by atoms with Crippen LogP contribution in [0.2, 0.25) is 0 Å². The van der Waals surface area contributed by atoms with Crippen molar-refractivity contribution in [3.05, 3.63) is 53.4 Å². The maximum atomic E-state index is 13.0. The van der Waals surface area contributed by atoms with Gasteiger partial charge in [0, 0.05) is 12.3 Å². The molecule has 0 aliphatic rings. The third-order valence-electron chi connectivity index (χ3n) is 2.41. The molecule has 0 unspecified atom stereocenters. The molecule has 0 N–H and O–H groups in total. The Bertz CT molecular complexity index is 576. The van der Waals surface area contributed by atoms with E-state index in [4.69, 9.17) is 4.74 Å². The molecule has 0 atom stereocenters. The summed E-state index contributed by atoms with van der Waals surface area (Å²) in [6.45, 7) is 2.16. The van der Waals surface area contributed by atoms with Crippen LogP contribution in [0.1, 0.15) is 22.8 Å². The second-order valence-corrected chi connectivity index (χ2v) is 3.92. The van der Waals surface area contributed by atoms with Gasteiger partial charge in [-0.1, -0.05) is 0 Å². The van der Waals surface area contributed by atoms with E-state index in [9.17, 15) is 13.6 Å². The van der Waals surface area contributed by atoms with E-state index in [0.29, 0.717) is 11.1 Å². The summed E-state index contributed by atoms with van der Waals surface area (Å²) in [6, 6.07) is 3.24. The normalized spacial score (nSPS) is 10.5.